The first-order valence-corrected chi connectivity index (χ1v) is 15.9. The Balaban J connectivity index is 1.10. The smallest absolute Gasteiger partial charge is 0.409 e. The summed E-state index contributed by atoms with van der Waals surface area (Å²) in [5, 5.41) is 3.01. The van der Waals surface area contributed by atoms with Crippen molar-refractivity contribution in [3.63, 3.8) is 0 Å². The van der Waals surface area contributed by atoms with Gasteiger partial charge in [0.05, 0.1) is 19.1 Å². The van der Waals surface area contributed by atoms with Gasteiger partial charge in [0, 0.05) is 50.0 Å². The molecule has 0 radical (unpaired) electrons. The molecule has 6 rings (SSSR count). The Bertz CT molecular complexity index is 1490. The Hall–Kier alpha value is -4.17. The third-order valence-electron chi connectivity index (χ3n) is 10.1. The van der Waals surface area contributed by atoms with E-state index in [1.54, 1.807) is 17.1 Å². The summed E-state index contributed by atoms with van der Waals surface area (Å²) in [6.07, 6.45) is 5.70. The first-order chi connectivity index (χ1) is 21.7. The second kappa shape index (κ2) is 12.3. The summed E-state index contributed by atoms with van der Waals surface area (Å²) in [6.45, 7) is 14.5. The van der Waals surface area contributed by atoms with Crippen LogP contribution in [0, 0.1) is 22.7 Å². The predicted octanol–water partition coefficient (Wildman–Crippen LogP) is 5.17. The summed E-state index contributed by atoms with van der Waals surface area (Å²) in [5.41, 5.74) is 5.10. The molecule has 3 amide bonds. The molecule has 1 saturated carbocycles. The lowest BCUT2D eigenvalue weighted by molar-refractivity contribution is -0.151. The van der Waals surface area contributed by atoms with Crippen LogP contribution in [0.4, 0.5) is 4.79 Å². The molecule has 1 N–H and O–H groups in total. The van der Waals surface area contributed by atoms with Crippen LogP contribution in [0.5, 0.6) is 0 Å². The van der Waals surface area contributed by atoms with Gasteiger partial charge in [0.2, 0.25) is 11.8 Å². The lowest BCUT2D eigenvalue weighted by Crippen LogP contribution is -2.64. The van der Waals surface area contributed by atoms with Crippen molar-refractivity contribution in [2.75, 3.05) is 52.5 Å². The number of benzene rings is 2. The summed E-state index contributed by atoms with van der Waals surface area (Å²) < 4.78 is 11.7. The highest BCUT2D eigenvalue weighted by Crippen LogP contribution is 2.54. The molecule has 2 unspecified atom stereocenters. The van der Waals surface area contributed by atoms with Gasteiger partial charge in [0.15, 0.2) is 0 Å². The highest BCUT2D eigenvalue weighted by molar-refractivity contribution is 5.86. The molecule has 3 fully saturated rings. The van der Waals surface area contributed by atoms with Crippen LogP contribution in [0.1, 0.15) is 37.3 Å². The third-order valence-corrected chi connectivity index (χ3v) is 10.1. The molecule has 0 bridgehead atoms. The Morgan fingerprint density at radius 1 is 0.956 bits per heavy atom. The zero-order valence-corrected chi connectivity index (χ0v) is 26.3. The van der Waals surface area contributed by atoms with Crippen LogP contribution in [-0.2, 0) is 19.1 Å². The molecule has 2 aliphatic heterocycles. The van der Waals surface area contributed by atoms with Gasteiger partial charge in [0.1, 0.15) is 6.61 Å². The number of allylic oxidation sites excluding steroid dienone is 2. The van der Waals surface area contributed by atoms with Crippen molar-refractivity contribution in [2.45, 2.75) is 26.2 Å². The number of carbonyl (C=O) groups excluding carboxylic acids is 3. The quantitative estimate of drug-likeness (QED) is 0.281. The van der Waals surface area contributed by atoms with E-state index in [9.17, 15) is 14.4 Å². The van der Waals surface area contributed by atoms with E-state index in [0.29, 0.717) is 39.4 Å². The first kappa shape index (κ1) is 30.8. The van der Waals surface area contributed by atoms with Gasteiger partial charge >= 0.3 is 6.09 Å². The molecule has 2 aromatic carbocycles. The molecule has 4 aliphatic rings. The van der Waals surface area contributed by atoms with Gasteiger partial charge in [-0.3, -0.25) is 9.59 Å². The van der Waals surface area contributed by atoms with Crippen molar-refractivity contribution < 1.29 is 23.9 Å². The molecule has 8 nitrogen and oxygen atoms in total. The minimum Gasteiger partial charge on any atom is -0.448 e. The van der Waals surface area contributed by atoms with Gasteiger partial charge in [0.25, 0.3) is 0 Å². The molecule has 2 aromatic rings. The number of fused-ring (bicyclic) bond motifs is 3. The molecule has 1 spiro atoms. The number of likely N-dealkylation sites (tertiary alicyclic amines) is 2. The molecule has 2 aliphatic carbocycles. The maximum absolute atomic E-state index is 13.6. The average Bonchev–Trinajstić information content (AvgIpc) is 3.35. The van der Waals surface area contributed by atoms with Crippen molar-refractivity contribution in [2.24, 2.45) is 22.7 Å². The normalized spacial score (nSPS) is 22.3. The van der Waals surface area contributed by atoms with Crippen molar-refractivity contribution in [3.05, 3.63) is 96.6 Å². The summed E-state index contributed by atoms with van der Waals surface area (Å²) >= 11 is 0. The van der Waals surface area contributed by atoms with Crippen LogP contribution in [-0.4, -0.2) is 80.3 Å². The molecule has 2 saturated heterocycles. The largest absolute Gasteiger partial charge is 0.448 e. The van der Waals surface area contributed by atoms with Gasteiger partial charge in [-0.05, 0) is 39.7 Å². The zero-order chi connectivity index (χ0) is 31.8. The van der Waals surface area contributed by atoms with Gasteiger partial charge in [-0.25, -0.2) is 4.79 Å². The molecule has 45 heavy (non-hydrogen) atoms. The van der Waals surface area contributed by atoms with E-state index < -0.39 is 17.4 Å². The Kier molecular flexibility index (Phi) is 8.44. The summed E-state index contributed by atoms with van der Waals surface area (Å²) in [5.74, 6) is -0.424. The number of hydrogen-bond acceptors (Lipinski definition) is 5. The Morgan fingerprint density at radius 3 is 2.18 bits per heavy atom. The highest BCUT2D eigenvalue weighted by atomic mass is 16.6. The van der Waals surface area contributed by atoms with Gasteiger partial charge in [-0.1, -0.05) is 93.8 Å². The van der Waals surface area contributed by atoms with Crippen molar-refractivity contribution in [3.8, 4) is 11.1 Å². The van der Waals surface area contributed by atoms with Crippen molar-refractivity contribution in [1.82, 2.24) is 15.1 Å². The van der Waals surface area contributed by atoms with Gasteiger partial charge in [-0.15, -0.1) is 0 Å². The van der Waals surface area contributed by atoms with E-state index in [4.69, 9.17) is 9.47 Å². The topological polar surface area (TPSA) is 88.2 Å². The number of ether oxygens (including phenoxy) is 2. The Labute approximate surface area is 265 Å². The summed E-state index contributed by atoms with van der Waals surface area (Å²) in [4.78, 5) is 43.8. The fraction of sp³-hybridized carbons (Fsp3) is 0.432. The van der Waals surface area contributed by atoms with E-state index in [-0.39, 0.29) is 42.2 Å². The first-order valence-electron chi connectivity index (χ1n) is 15.9. The number of nitrogens with one attached hydrogen (secondary N) is 1. The van der Waals surface area contributed by atoms with Crippen LogP contribution in [0.25, 0.3) is 11.1 Å². The number of nitrogens with zero attached hydrogens (tertiary/aromatic N) is 2. The van der Waals surface area contributed by atoms with E-state index in [2.05, 4.69) is 56.6 Å². The molecule has 0 aromatic heterocycles. The second-order valence-corrected chi connectivity index (χ2v) is 13.6. The maximum atomic E-state index is 13.6. The Morgan fingerprint density at radius 2 is 1.58 bits per heavy atom. The third kappa shape index (κ3) is 5.96. The van der Waals surface area contributed by atoms with E-state index in [0.717, 1.165) is 23.1 Å². The fourth-order valence-electron chi connectivity index (χ4n) is 7.34. The minimum atomic E-state index is -0.492. The van der Waals surface area contributed by atoms with Gasteiger partial charge < -0.3 is 24.6 Å². The van der Waals surface area contributed by atoms with Crippen molar-refractivity contribution in [1.29, 1.82) is 0 Å². The van der Waals surface area contributed by atoms with E-state index in [1.165, 1.54) is 11.1 Å². The van der Waals surface area contributed by atoms with Crippen LogP contribution < -0.4 is 5.32 Å². The number of amides is 3. The second-order valence-electron chi connectivity index (χ2n) is 13.6. The lowest BCUT2D eigenvalue weighted by Gasteiger charge is -2.50. The molecule has 236 valence electrons. The van der Waals surface area contributed by atoms with Crippen LogP contribution in [0.2, 0.25) is 0 Å². The van der Waals surface area contributed by atoms with Gasteiger partial charge in [-0.2, -0.15) is 0 Å². The number of rotatable bonds is 11. The average molecular weight is 610 g/mol. The summed E-state index contributed by atoms with van der Waals surface area (Å²) in [6, 6.07) is 16.5. The molecule has 2 atom stereocenters. The van der Waals surface area contributed by atoms with Crippen molar-refractivity contribution >= 4 is 17.9 Å². The summed E-state index contributed by atoms with van der Waals surface area (Å²) in [7, 11) is 0. The van der Waals surface area contributed by atoms with E-state index in [1.807, 2.05) is 35.2 Å². The minimum absolute atomic E-state index is 0.0337. The standard InChI is InChI=1S/C37H43N3O5/c1-5-11-25(6-2)20-44-17-16-38-33(41)32-19-39(22-37(32)23-40(24-37)34(42)31-18-36(31,3)4)35(43)45-21-30-28-14-9-7-12-26(28)27-13-8-10-15-29(27)30/h5-15,30-32H,1-2,16-24H2,3-4H3,(H,38,41)/b25-11+. The zero-order valence-electron chi connectivity index (χ0n) is 26.3. The SMILES string of the molecule is C=C/C=C(\C=C)COCCNC(=O)C1CN(C(=O)OCC2c3ccccc3-c3ccccc32)CC12CN(C(=O)C1CC1(C)C)C2. The van der Waals surface area contributed by atoms with Crippen LogP contribution in [0.15, 0.2) is 85.5 Å². The molecular weight excluding hydrogens is 566 g/mol. The number of hydrogen-bond donors (Lipinski definition) is 1. The van der Waals surface area contributed by atoms with E-state index >= 15 is 0 Å². The lowest BCUT2D eigenvalue weighted by atomic mass is 9.71. The fourth-order valence-corrected chi connectivity index (χ4v) is 7.34. The predicted molar refractivity (Wildman–Crippen MR) is 173 cm³/mol. The highest BCUT2D eigenvalue weighted by Gasteiger charge is 2.62. The molecule has 8 heteroatoms. The van der Waals surface area contributed by atoms with Crippen LogP contribution in [0.3, 0.4) is 0 Å². The maximum Gasteiger partial charge on any atom is 0.409 e. The molecule has 2 heterocycles. The van der Waals surface area contributed by atoms with Crippen LogP contribution >= 0.6 is 0 Å². The number of carbonyl (C=O) groups is 3. The monoisotopic (exact) mass is 609 g/mol. The molecular formula is C37H43N3O5.